The van der Waals surface area contributed by atoms with Crippen LogP contribution in [0.15, 0.2) is 18.2 Å². The summed E-state index contributed by atoms with van der Waals surface area (Å²) in [4.78, 5) is 26.6. The molecule has 11 heteroatoms. The maximum atomic E-state index is 12.7. The smallest absolute Gasteiger partial charge is 0.416 e. The van der Waals surface area contributed by atoms with E-state index in [9.17, 15) is 22.8 Å². The molecule has 1 aromatic heterocycles. The lowest BCUT2D eigenvalue weighted by Crippen LogP contribution is -2.13. The van der Waals surface area contributed by atoms with Crippen molar-refractivity contribution in [3.8, 4) is 0 Å². The number of hydrogen-bond acceptors (Lipinski definition) is 4. The zero-order chi connectivity index (χ0) is 18.1. The fraction of sp³-hybridized carbons (Fsp3) is 0.154. The molecule has 0 saturated carbocycles. The van der Waals surface area contributed by atoms with E-state index in [2.05, 4.69) is 10.3 Å². The van der Waals surface area contributed by atoms with Crippen LogP contribution in [0.1, 0.15) is 20.9 Å². The molecule has 0 bridgehead atoms. The Morgan fingerprint density at radius 2 is 1.96 bits per heavy atom. The molecular formula is C13H9ClF3N3O3S. The molecule has 128 valence electrons. The minimum absolute atomic E-state index is 0.0275. The van der Waals surface area contributed by atoms with Gasteiger partial charge in [-0.25, -0.2) is 9.78 Å². The second kappa shape index (κ2) is 6.65. The number of aromatic nitrogens is 1. The van der Waals surface area contributed by atoms with Gasteiger partial charge in [0.25, 0.3) is 5.91 Å². The normalized spacial score (nSPS) is 11.2. The van der Waals surface area contributed by atoms with Crippen LogP contribution in [0.25, 0.3) is 0 Å². The molecule has 0 saturated heterocycles. The van der Waals surface area contributed by atoms with E-state index in [0.29, 0.717) is 6.07 Å². The van der Waals surface area contributed by atoms with Gasteiger partial charge < -0.3 is 10.4 Å². The molecule has 2 amide bonds. The summed E-state index contributed by atoms with van der Waals surface area (Å²) in [5, 5.41) is 12.8. The number of carbonyl (C=O) groups excluding carboxylic acids is 1. The lowest BCUT2D eigenvalue weighted by molar-refractivity contribution is -0.137. The maximum absolute atomic E-state index is 12.7. The number of nitrogens with zero attached hydrogens (tertiary/aromatic N) is 1. The highest BCUT2D eigenvalue weighted by Crippen LogP contribution is 2.34. The van der Waals surface area contributed by atoms with Gasteiger partial charge in [0.1, 0.15) is 4.88 Å². The Morgan fingerprint density at radius 1 is 1.29 bits per heavy atom. The van der Waals surface area contributed by atoms with Crippen LogP contribution in [0.5, 0.6) is 0 Å². The van der Waals surface area contributed by atoms with Gasteiger partial charge in [0.05, 0.1) is 22.0 Å². The Labute approximate surface area is 142 Å². The summed E-state index contributed by atoms with van der Waals surface area (Å²) in [5.41, 5.74) is -0.946. The number of amides is 2. The number of halogens is 4. The van der Waals surface area contributed by atoms with Gasteiger partial charge in [-0.05, 0) is 25.1 Å². The number of aryl methyl sites for hydroxylation is 1. The molecule has 24 heavy (non-hydrogen) atoms. The van der Waals surface area contributed by atoms with E-state index < -0.39 is 23.7 Å². The fourth-order valence-corrected chi connectivity index (χ4v) is 2.74. The van der Waals surface area contributed by atoms with Gasteiger partial charge >= 0.3 is 12.3 Å². The third kappa shape index (κ3) is 4.15. The number of carbonyl (C=O) groups is 2. The maximum Gasteiger partial charge on any atom is 0.416 e. The van der Waals surface area contributed by atoms with Crippen LogP contribution in [-0.4, -0.2) is 22.1 Å². The number of nitrogens with one attached hydrogen (secondary N) is 2. The summed E-state index contributed by atoms with van der Waals surface area (Å²) in [7, 11) is 0. The standard InChI is InChI=1S/C13H9ClF3N3O3S/c1-5-9(24-11(18-5)20-12(22)23)10(21)19-8-4-6(13(15,16)17)2-3-7(8)14/h2-4H,1H3,(H,18,20)(H,19,21)(H,22,23). The molecule has 6 nitrogen and oxygen atoms in total. The Bertz CT molecular complexity index is 807. The number of hydrogen-bond donors (Lipinski definition) is 3. The van der Waals surface area contributed by atoms with Crippen molar-refractivity contribution in [3.63, 3.8) is 0 Å². The Hall–Kier alpha value is -2.33. The quantitative estimate of drug-likeness (QED) is 0.734. The Balaban J connectivity index is 2.27. The first-order chi connectivity index (χ1) is 11.1. The third-order valence-corrected chi connectivity index (χ3v) is 4.16. The monoisotopic (exact) mass is 379 g/mol. The van der Waals surface area contributed by atoms with E-state index >= 15 is 0 Å². The molecule has 0 atom stereocenters. The zero-order valence-electron chi connectivity index (χ0n) is 11.9. The summed E-state index contributed by atoms with van der Waals surface area (Å²) >= 11 is 6.56. The average molecular weight is 380 g/mol. The zero-order valence-corrected chi connectivity index (χ0v) is 13.4. The largest absolute Gasteiger partial charge is 0.465 e. The number of benzene rings is 1. The van der Waals surface area contributed by atoms with Crippen LogP contribution in [0.2, 0.25) is 5.02 Å². The van der Waals surface area contributed by atoms with E-state index in [1.807, 2.05) is 5.32 Å². The van der Waals surface area contributed by atoms with Gasteiger partial charge in [0.2, 0.25) is 0 Å². The van der Waals surface area contributed by atoms with E-state index in [4.69, 9.17) is 16.7 Å². The third-order valence-electron chi connectivity index (χ3n) is 2.76. The van der Waals surface area contributed by atoms with E-state index in [0.717, 1.165) is 23.5 Å². The molecule has 0 aliphatic carbocycles. The van der Waals surface area contributed by atoms with Crippen LogP contribution in [0, 0.1) is 6.92 Å². The molecule has 3 N–H and O–H groups in total. The highest BCUT2D eigenvalue weighted by Gasteiger charge is 2.31. The Morgan fingerprint density at radius 3 is 2.54 bits per heavy atom. The van der Waals surface area contributed by atoms with E-state index in [-0.39, 0.29) is 26.4 Å². The fourth-order valence-electron chi connectivity index (χ4n) is 1.73. The molecule has 0 aliphatic heterocycles. The first-order valence-electron chi connectivity index (χ1n) is 6.23. The summed E-state index contributed by atoms with van der Waals surface area (Å²) < 4.78 is 38.2. The number of anilines is 2. The summed E-state index contributed by atoms with van der Waals surface area (Å²) in [5.74, 6) is -0.746. The second-order valence-corrected chi connectivity index (χ2v) is 5.92. The first-order valence-corrected chi connectivity index (χ1v) is 7.43. The van der Waals surface area contributed by atoms with Crippen molar-refractivity contribution < 1.29 is 27.9 Å². The predicted octanol–water partition coefficient (Wildman–Crippen LogP) is 4.47. The van der Waals surface area contributed by atoms with Crippen LogP contribution in [0.3, 0.4) is 0 Å². The molecule has 0 aliphatic rings. The molecule has 0 unspecified atom stereocenters. The average Bonchev–Trinajstić information content (AvgIpc) is 2.79. The van der Waals surface area contributed by atoms with Crippen molar-refractivity contribution in [3.05, 3.63) is 39.4 Å². The molecule has 2 aromatic rings. The van der Waals surface area contributed by atoms with Gasteiger partial charge in [-0.1, -0.05) is 22.9 Å². The molecule has 2 rings (SSSR count). The van der Waals surface area contributed by atoms with Crippen LogP contribution >= 0.6 is 22.9 Å². The van der Waals surface area contributed by atoms with E-state index in [1.54, 1.807) is 0 Å². The van der Waals surface area contributed by atoms with Crippen LogP contribution < -0.4 is 10.6 Å². The second-order valence-electron chi connectivity index (χ2n) is 4.51. The van der Waals surface area contributed by atoms with Crippen molar-refractivity contribution in [2.45, 2.75) is 13.1 Å². The number of carboxylic acid groups (broad SMARTS) is 1. The highest BCUT2D eigenvalue weighted by atomic mass is 35.5. The molecule has 0 radical (unpaired) electrons. The topological polar surface area (TPSA) is 91.3 Å². The molecule has 0 fully saturated rings. The van der Waals surface area contributed by atoms with Gasteiger partial charge in [0.15, 0.2) is 5.13 Å². The van der Waals surface area contributed by atoms with Crippen LogP contribution in [0.4, 0.5) is 28.8 Å². The first kappa shape index (κ1) is 18.0. The molecular weight excluding hydrogens is 371 g/mol. The Kier molecular flexibility index (Phi) is 4.99. The van der Waals surface area contributed by atoms with Crippen LogP contribution in [-0.2, 0) is 6.18 Å². The van der Waals surface area contributed by atoms with Gasteiger partial charge in [-0.2, -0.15) is 13.2 Å². The summed E-state index contributed by atoms with van der Waals surface area (Å²) in [6.45, 7) is 1.46. The lowest BCUT2D eigenvalue weighted by Gasteiger charge is -2.11. The summed E-state index contributed by atoms with van der Waals surface area (Å²) in [6.07, 6.45) is -5.93. The highest BCUT2D eigenvalue weighted by molar-refractivity contribution is 7.17. The van der Waals surface area contributed by atoms with Crippen molar-refractivity contribution in [2.75, 3.05) is 10.6 Å². The van der Waals surface area contributed by atoms with Crippen molar-refractivity contribution in [2.24, 2.45) is 0 Å². The minimum Gasteiger partial charge on any atom is -0.465 e. The van der Waals surface area contributed by atoms with E-state index in [1.165, 1.54) is 6.92 Å². The van der Waals surface area contributed by atoms with Crippen molar-refractivity contribution in [1.29, 1.82) is 0 Å². The molecule has 0 spiro atoms. The number of thiazole rings is 1. The number of rotatable bonds is 3. The predicted molar refractivity (Wildman–Crippen MR) is 82.9 cm³/mol. The van der Waals surface area contributed by atoms with Gasteiger partial charge in [-0.15, -0.1) is 0 Å². The number of alkyl halides is 3. The lowest BCUT2D eigenvalue weighted by atomic mass is 10.2. The minimum atomic E-state index is -4.58. The van der Waals surface area contributed by atoms with Crippen molar-refractivity contribution >= 4 is 45.8 Å². The molecule has 1 aromatic carbocycles. The van der Waals surface area contributed by atoms with Gasteiger partial charge in [-0.3, -0.25) is 10.1 Å². The SMILES string of the molecule is Cc1nc(NC(=O)O)sc1C(=O)Nc1cc(C(F)(F)F)ccc1Cl. The summed E-state index contributed by atoms with van der Waals surface area (Å²) in [6, 6.07) is 2.54. The van der Waals surface area contributed by atoms with Crippen molar-refractivity contribution in [1.82, 2.24) is 4.98 Å². The van der Waals surface area contributed by atoms with Gasteiger partial charge in [0, 0.05) is 0 Å². The molecule has 1 heterocycles.